The van der Waals surface area contributed by atoms with Gasteiger partial charge in [-0.15, -0.1) is 0 Å². The summed E-state index contributed by atoms with van der Waals surface area (Å²) >= 11 is 2.29. The van der Waals surface area contributed by atoms with Crippen molar-refractivity contribution >= 4 is 28.4 Å². The standard InChI is InChI=1S/C14H15IN2O/c1-9-14(11(3)18)10(2)17(16-9)8-12-4-6-13(15)7-5-12/h4-7H,8H2,1-3H3. The molecule has 3 nitrogen and oxygen atoms in total. The van der Waals surface area contributed by atoms with Gasteiger partial charge in [0.05, 0.1) is 17.8 Å². The van der Waals surface area contributed by atoms with Crippen molar-refractivity contribution in [1.82, 2.24) is 9.78 Å². The van der Waals surface area contributed by atoms with Crippen LogP contribution in [0.1, 0.15) is 34.2 Å². The predicted octanol–water partition coefficient (Wildman–Crippen LogP) is 3.36. The number of halogens is 1. The summed E-state index contributed by atoms with van der Waals surface area (Å²) in [7, 11) is 0. The molecule has 0 radical (unpaired) electrons. The number of ketones is 1. The molecule has 4 heteroatoms. The molecule has 0 bridgehead atoms. The number of carbonyl (C=O) groups is 1. The normalized spacial score (nSPS) is 10.7. The highest BCUT2D eigenvalue weighted by Gasteiger charge is 2.14. The van der Waals surface area contributed by atoms with Gasteiger partial charge in [-0.3, -0.25) is 9.48 Å². The molecule has 0 aliphatic carbocycles. The molecule has 2 aromatic rings. The number of aromatic nitrogens is 2. The van der Waals surface area contributed by atoms with Crippen molar-refractivity contribution in [2.24, 2.45) is 0 Å². The van der Waals surface area contributed by atoms with Gasteiger partial charge in [0.15, 0.2) is 5.78 Å². The zero-order chi connectivity index (χ0) is 13.3. The molecule has 2 rings (SSSR count). The van der Waals surface area contributed by atoms with Crippen LogP contribution in [0, 0.1) is 17.4 Å². The highest BCUT2D eigenvalue weighted by molar-refractivity contribution is 14.1. The van der Waals surface area contributed by atoms with Crippen LogP contribution < -0.4 is 0 Å². The highest BCUT2D eigenvalue weighted by atomic mass is 127. The van der Waals surface area contributed by atoms with Crippen LogP contribution in [-0.4, -0.2) is 15.6 Å². The minimum atomic E-state index is 0.0823. The van der Waals surface area contributed by atoms with Crippen LogP contribution in [0.25, 0.3) is 0 Å². The lowest BCUT2D eigenvalue weighted by molar-refractivity contribution is 0.101. The Morgan fingerprint density at radius 3 is 2.39 bits per heavy atom. The Bertz CT molecular complexity index is 585. The maximum absolute atomic E-state index is 11.5. The summed E-state index contributed by atoms with van der Waals surface area (Å²) < 4.78 is 3.11. The second-order valence-corrected chi connectivity index (χ2v) is 5.63. The molecular formula is C14H15IN2O. The lowest BCUT2D eigenvalue weighted by Gasteiger charge is -2.05. The molecule has 0 fully saturated rings. The zero-order valence-electron chi connectivity index (χ0n) is 10.7. The molecule has 0 aliphatic heterocycles. The number of hydrogen-bond acceptors (Lipinski definition) is 2. The van der Waals surface area contributed by atoms with Crippen molar-refractivity contribution in [3.63, 3.8) is 0 Å². The fourth-order valence-corrected chi connectivity index (χ4v) is 2.48. The van der Waals surface area contributed by atoms with Crippen molar-refractivity contribution in [1.29, 1.82) is 0 Å². The van der Waals surface area contributed by atoms with E-state index < -0.39 is 0 Å². The molecular weight excluding hydrogens is 339 g/mol. The van der Waals surface area contributed by atoms with E-state index in [9.17, 15) is 4.79 Å². The van der Waals surface area contributed by atoms with Gasteiger partial charge >= 0.3 is 0 Å². The quantitative estimate of drug-likeness (QED) is 0.626. The fourth-order valence-electron chi connectivity index (χ4n) is 2.12. The van der Waals surface area contributed by atoms with Gasteiger partial charge in [-0.05, 0) is 61.1 Å². The third-order valence-electron chi connectivity index (χ3n) is 2.98. The lowest BCUT2D eigenvalue weighted by Crippen LogP contribution is -2.05. The highest BCUT2D eigenvalue weighted by Crippen LogP contribution is 2.16. The van der Waals surface area contributed by atoms with Gasteiger partial charge in [0.2, 0.25) is 0 Å². The van der Waals surface area contributed by atoms with Crippen LogP contribution in [0.4, 0.5) is 0 Å². The van der Waals surface area contributed by atoms with Gasteiger partial charge in [0, 0.05) is 9.26 Å². The Labute approximate surface area is 120 Å². The van der Waals surface area contributed by atoms with Crippen molar-refractivity contribution in [2.45, 2.75) is 27.3 Å². The molecule has 0 aliphatic rings. The first-order valence-corrected chi connectivity index (χ1v) is 6.86. The Morgan fingerprint density at radius 2 is 1.89 bits per heavy atom. The third kappa shape index (κ3) is 2.63. The molecule has 18 heavy (non-hydrogen) atoms. The van der Waals surface area contributed by atoms with Crippen LogP contribution in [0.3, 0.4) is 0 Å². The van der Waals surface area contributed by atoms with E-state index in [0.29, 0.717) is 6.54 Å². The van der Waals surface area contributed by atoms with Crippen molar-refractivity contribution in [3.05, 3.63) is 50.4 Å². The average molecular weight is 354 g/mol. The number of carbonyl (C=O) groups excluding carboxylic acids is 1. The third-order valence-corrected chi connectivity index (χ3v) is 3.70. The minimum absolute atomic E-state index is 0.0823. The number of hydrogen-bond donors (Lipinski definition) is 0. The number of nitrogens with zero attached hydrogens (tertiary/aromatic N) is 2. The van der Waals surface area contributed by atoms with E-state index in [0.717, 1.165) is 17.0 Å². The topological polar surface area (TPSA) is 34.9 Å². The summed E-state index contributed by atoms with van der Waals surface area (Å²) in [4.78, 5) is 11.5. The van der Waals surface area contributed by atoms with E-state index in [2.05, 4.69) is 52.0 Å². The predicted molar refractivity (Wildman–Crippen MR) is 80.0 cm³/mol. The second kappa shape index (κ2) is 5.22. The summed E-state index contributed by atoms with van der Waals surface area (Å²) in [5.74, 6) is 0.0823. The summed E-state index contributed by atoms with van der Waals surface area (Å²) in [6, 6.07) is 8.33. The zero-order valence-corrected chi connectivity index (χ0v) is 12.9. The Morgan fingerprint density at radius 1 is 1.28 bits per heavy atom. The van der Waals surface area contributed by atoms with Gasteiger partial charge in [-0.1, -0.05) is 12.1 Å². The molecule has 0 atom stereocenters. The summed E-state index contributed by atoms with van der Waals surface area (Å²) in [5.41, 5.74) is 3.70. The first-order valence-electron chi connectivity index (χ1n) is 5.78. The van der Waals surface area contributed by atoms with Gasteiger partial charge in [-0.2, -0.15) is 5.10 Å². The molecule has 1 aromatic heterocycles. The van der Waals surface area contributed by atoms with E-state index in [1.54, 1.807) is 6.92 Å². The van der Waals surface area contributed by atoms with Crippen LogP contribution in [0.2, 0.25) is 0 Å². The van der Waals surface area contributed by atoms with Crippen LogP contribution in [0.5, 0.6) is 0 Å². The van der Waals surface area contributed by atoms with Crippen molar-refractivity contribution < 1.29 is 4.79 Å². The van der Waals surface area contributed by atoms with E-state index in [1.807, 2.05) is 18.5 Å². The molecule has 0 saturated carbocycles. The lowest BCUT2D eigenvalue weighted by atomic mass is 10.1. The minimum Gasteiger partial charge on any atom is -0.294 e. The van der Waals surface area contributed by atoms with E-state index >= 15 is 0 Å². The number of aryl methyl sites for hydroxylation is 1. The summed E-state index contributed by atoms with van der Waals surface area (Å²) in [6.45, 7) is 6.13. The van der Waals surface area contributed by atoms with E-state index in [4.69, 9.17) is 0 Å². The number of rotatable bonds is 3. The van der Waals surface area contributed by atoms with Crippen LogP contribution in [0.15, 0.2) is 24.3 Å². The smallest absolute Gasteiger partial charge is 0.163 e. The van der Waals surface area contributed by atoms with E-state index in [1.165, 1.54) is 9.13 Å². The summed E-state index contributed by atoms with van der Waals surface area (Å²) in [5, 5.41) is 4.44. The number of Topliss-reactive ketones (excluding diaryl/α,β-unsaturated/α-hetero) is 1. The molecule has 94 valence electrons. The molecule has 1 heterocycles. The number of benzene rings is 1. The van der Waals surface area contributed by atoms with Gasteiger partial charge in [-0.25, -0.2) is 0 Å². The molecule has 0 N–H and O–H groups in total. The Kier molecular flexibility index (Phi) is 3.85. The largest absolute Gasteiger partial charge is 0.294 e. The van der Waals surface area contributed by atoms with Gasteiger partial charge in [0.1, 0.15) is 0 Å². The van der Waals surface area contributed by atoms with Gasteiger partial charge < -0.3 is 0 Å². The Balaban J connectivity index is 2.33. The van der Waals surface area contributed by atoms with Crippen molar-refractivity contribution in [2.75, 3.05) is 0 Å². The molecule has 1 aromatic carbocycles. The maximum atomic E-state index is 11.5. The summed E-state index contributed by atoms with van der Waals surface area (Å²) in [6.07, 6.45) is 0. The fraction of sp³-hybridized carbons (Fsp3) is 0.286. The van der Waals surface area contributed by atoms with E-state index in [-0.39, 0.29) is 5.78 Å². The first kappa shape index (κ1) is 13.3. The monoisotopic (exact) mass is 354 g/mol. The molecule has 0 spiro atoms. The first-order chi connectivity index (χ1) is 8.49. The molecule has 0 amide bonds. The second-order valence-electron chi connectivity index (χ2n) is 4.39. The van der Waals surface area contributed by atoms with Gasteiger partial charge in [0.25, 0.3) is 0 Å². The average Bonchev–Trinajstić information content (AvgIpc) is 2.57. The van der Waals surface area contributed by atoms with Crippen molar-refractivity contribution in [3.8, 4) is 0 Å². The molecule has 0 unspecified atom stereocenters. The maximum Gasteiger partial charge on any atom is 0.163 e. The van der Waals surface area contributed by atoms with Crippen LogP contribution in [-0.2, 0) is 6.54 Å². The Hall–Kier alpha value is -1.17. The SMILES string of the molecule is CC(=O)c1c(C)nn(Cc2ccc(I)cc2)c1C. The van der Waals surface area contributed by atoms with Crippen LogP contribution >= 0.6 is 22.6 Å². The molecule has 0 saturated heterocycles.